The Labute approximate surface area is 175 Å². The van der Waals surface area contributed by atoms with Gasteiger partial charge in [-0.05, 0) is 60.7 Å². The largest absolute Gasteiger partial charge is 0.416 e. The van der Waals surface area contributed by atoms with Crippen LogP contribution in [0.15, 0.2) is 71.3 Å². The Bertz CT molecular complexity index is 1130. The quantitative estimate of drug-likeness (QED) is 0.434. The fourth-order valence-electron chi connectivity index (χ4n) is 2.46. The van der Waals surface area contributed by atoms with Crippen LogP contribution in [0.1, 0.15) is 0 Å². The molecule has 0 bridgehead atoms. The van der Waals surface area contributed by atoms with E-state index >= 15 is 0 Å². The number of hydrogen-bond acceptors (Lipinski definition) is 5. The van der Waals surface area contributed by atoms with E-state index in [1.807, 2.05) is 0 Å². The lowest BCUT2D eigenvalue weighted by molar-refractivity contribution is 0.262. The van der Waals surface area contributed by atoms with E-state index in [-0.39, 0.29) is 0 Å². The molecule has 0 aliphatic heterocycles. The maximum absolute atomic E-state index is 12.1. The van der Waals surface area contributed by atoms with Crippen LogP contribution in [-0.2, 0) is 0 Å². The molecule has 0 saturated heterocycles. The van der Waals surface area contributed by atoms with Crippen LogP contribution in [0.3, 0.4) is 0 Å². The molecule has 0 aliphatic carbocycles. The first-order valence-corrected chi connectivity index (χ1v) is 9.22. The third-order valence-corrected chi connectivity index (χ3v) is 4.37. The van der Waals surface area contributed by atoms with Crippen molar-refractivity contribution in [3.05, 3.63) is 76.9 Å². The molecule has 2 aromatic carbocycles. The number of rotatable bonds is 4. The average molecular weight is 426 g/mol. The highest BCUT2D eigenvalue weighted by Crippen LogP contribution is 2.25. The molecule has 0 radical (unpaired) electrons. The molecule has 144 valence electrons. The third kappa shape index (κ3) is 4.71. The molecule has 2 N–H and O–H groups in total. The summed E-state index contributed by atoms with van der Waals surface area (Å²) in [6.07, 6.45) is 1.54. The maximum Gasteiger partial charge on any atom is 0.324 e. The first-order valence-electron chi connectivity index (χ1n) is 8.46. The monoisotopic (exact) mass is 425 g/mol. The van der Waals surface area contributed by atoms with Gasteiger partial charge in [-0.25, -0.2) is 9.78 Å². The molecule has 0 atom stereocenters. The SMILES string of the molecule is O=C(Nc1ccc(Cl)cc1)Nc1ccc(-c2nnc(-c3ccc(Cl)cc3)o2)cn1. The predicted molar refractivity (Wildman–Crippen MR) is 112 cm³/mol. The number of hydrogen-bond donors (Lipinski definition) is 2. The van der Waals surface area contributed by atoms with Crippen molar-refractivity contribution in [1.29, 1.82) is 0 Å². The van der Waals surface area contributed by atoms with Crippen molar-refractivity contribution in [2.45, 2.75) is 0 Å². The number of nitrogens with one attached hydrogen (secondary N) is 2. The van der Waals surface area contributed by atoms with Crippen LogP contribution < -0.4 is 10.6 Å². The van der Waals surface area contributed by atoms with Gasteiger partial charge in [-0.2, -0.15) is 0 Å². The summed E-state index contributed by atoms with van der Waals surface area (Å²) < 4.78 is 5.69. The van der Waals surface area contributed by atoms with Crippen molar-refractivity contribution in [1.82, 2.24) is 15.2 Å². The molecule has 2 amide bonds. The van der Waals surface area contributed by atoms with E-state index in [0.717, 1.165) is 5.56 Å². The molecule has 2 aromatic heterocycles. The van der Waals surface area contributed by atoms with Gasteiger partial charge in [0.05, 0.1) is 5.56 Å². The zero-order chi connectivity index (χ0) is 20.2. The van der Waals surface area contributed by atoms with Crippen molar-refractivity contribution < 1.29 is 9.21 Å². The standard InChI is InChI=1S/C20H13Cl2N5O2/c21-14-4-1-12(2-5-14)18-26-27-19(29-18)13-3-10-17(23-11-13)25-20(28)24-16-8-6-15(22)7-9-16/h1-11H,(H2,23,24,25,28). The van der Waals surface area contributed by atoms with Crippen LogP contribution in [0, 0.1) is 0 Å². The minimum absolute atomic E-state index is 0.319. The highest BCUT2D eigenvalue weighted by atomic mass is 35.5. The lowest BCUT2D eigenvalue weighted by Crippen LogP contribution is -2.19. The fraction of sp³-hybridized carbons (Fsp3) is 0. The number of benzene rings is 2. The smallest absolute Gasteiger partial charge is 0.324 e. The highest BCUT2D eigenvalue weighted by molar-refractivity contribution is 6.30. The van der Waals surface area contributed by atoms with Crippen LogP contribution in [0.2, 0.25) is 10.0 Å². The molecule has 0 unspecified atom stereocenters. The minimum atomic E-state index is -0.421. The highest BCUT2D eigenvalue weighted by Gasteiger charge is 2.11. The molecule has 0 fully saturated rings. The Morgan fingerprint density at radius 3 is 1.97 bits per heavy atom. The second-order valence-corrected chi connectivity index (χ2v) is 6.81. The number of nitrogens with zero attached hydrogens (tertiary/aromatic N) is 3. The summed E-state index contributed by atoms with van der Waals surface area (Å²) in [5.41, 5.74) is 2.00. The second kappa shape index (κ2) is 8.30. The Morgan fingerprint density at radius 1 is 0.759 bits per heavy atom. The van der Waals surface area contributed by atoms with E-state index in [4.69, 9.17) is 27.6 Å². The van der Waals surface area contributed by atoms with Crippen molar-refractivity contribution in [3.63, 3.8) is 0 Å². The van der Waals surface area contributed by atoms with Crippen molar-refractivity contribution >= 4 is 40.7 Å². The minimum Gasteiger partial charge on any atom is -0.416 e. The summed E-state index contributed by atoms with van der Waals surface area (Å²) in [6, 6.07) is 16.8. The van der Waals surface area contributed by atoms with Gasteiger partial charge in [-0.1, -0.05) is 23.2 Å². The number of anilines is 2. The Balaban J connectivity index is 1.42. The van der Waals surface area contributed by atoms with Gasteiger partial charge >= 0.3 is 6.03 Å². The molecule has 4 aromatic rings. The molecule has 0 saturated carbocycles. The fourth-order valence-corrected chi connectivity index (χ4v) is 2.71. The summed E-state index contributed by atoms with van der Waals surface area (Å²) in [5, 5.41) is 14.6. The third-order valence-electron chi connectivity index (χ3n) is 3.87. The first-order chi connectivity index (χ1) is 14.1. The Hall–Kier alpha value is -3.42. The number of carbonyl (C=O) groups is 1. The molecule has 4 rings (SSSR count). The van der Waals surface area contributed by atoms with E-state index < -0.39 is 6.03 Å². The van der Waals surface area contributed by atoms with E-state index in [0.29, 0.717) is 38.9 Å². The van der Waals surface area contributed by atoms with Crippen LogP contribution in [0.4, 0.5) is 16.3 Å². The Kier molecular flexibility index (Phi) is 5.41. The normalized spacial score (nSPS) is 10.6. The number of urea groups is 1. The number of aromatic nitrogens is 3. The number of carbonyl (C=O) groups excluding carboxylic acids is 1. The van der Waals surface area contributed by atoms with Gasteiger partial charge in [0, 0.05) is 27.5 Å². The molecule has 2 heterocycles. The van der Waals surface area contributed by atoms with Crippen LogP contribution >= 0.6 is 23.2 Å². The zero-order valence-corrected chi connectivity index (χ0v) is 16.3. The summed E-state index contributed by atoms with van der Waals surface area (Å²) in [4.78, 5) is 16.3. The maximum atomic E-state index is 12.1. The second-order valence-electron chi connectivity index (χ2n) is 5.94. The van der Waals surface area contributed by atoms with Gasteiger partial charge in [0.15, 0.2) is 0 Å². The molecule has 7 nitrogen and oxygen atoms in total. The van der Waals surface area contributed by atoms with Crippen molar-refractivity contribution in [3.8, 4) is 22.9 Å². The average Bonchev–Trinajstić information content (AvgIpc) is 3.21. The molecule has 0 spiro atoms. The van der Waals surface area contributed by atoms with Gasteiger partial charge in [0.2, 0.25) is 11.8 Å². The Morgan fingerprint density at radius 2 is 1.34 bits per heavy atom. The summed E-state index contributed by atoms with van der Waals surface area (Å²) in [5.74, 6) is 1.07. The summed E-state index contributed by atoms with van der Waals surface area (Å²) >= 11 is 11.7. The van der Waals surface area contributed by atoms with E-state index in [1.54, 1.807) is 60.7 Å². The zero-order valence-electron chi connectivity index (χ0n) is 14.8. The van der Waals surface area contributed by atoms with Crippen LogP contribution in [-0.4, -0.2) is 21.2 Å². The predicted octanol–water partition coefficient (Wildman–Crippen LogP) is 5.75. The van der Waals surface area contributed by atoms with E-state index in [1.165, 1.54) is 6.20 Å². The number of halogens is 2. The molecule has 9 heteroatoms. The molecule has 0 aliphatic rings. The molecule has 29 heavy (non-hydrogen) atoms. The van der Waals surface area contributed by atoms with Gasteiger partial charge in [-0.15, -0.1) is 10.2 Å². The van der Waals surface area contributed by atoms with E-state index in [2.05, 4.69) is 25.8 Å². The van der Waals surface area contributed by atoms with Gasteiger partial charge in [0.1, 0.15) is 5.82 Å². The number of pyridine rings is 1. The van der Waals surface area contributed by atoms with Crippen molar-refractivity contribution in [2.24, 2.45) is 0 Å². The van der Waals surface area contributed by atoms with Crippen molar-refractivity contribution in [2.75, 3.05) is 10.6 Å². The topological polar surface area (TPSA) is 92.9 Å². The summed E-state index contributed by atoms with van der Waals surface area (Å²) in [6.45, 7) is 0. The first kappa shape index (κ1) is 18.9. The van der Waals surface area contributed by atoms with Gasteiger partial charge < -0.3 is 9.73 Å². The summed E-state index contributed by atoms with van der Waals surface area (Å²) in [7, 11) is 0. The van der Waals surface area contributed by atoms with Gasteiger partial charge in [0.25, 0.3) is 0 Å². The van der Waals surface area contributed by atoms with Crippen LogP contribution in [0.25, 0.3) is 22.9 Å². The lowest BCUT2D eigenvalue weighted by Gasteiger charge is -2.07. The molecular formula is C20H13Cl2N5O2. The van der Waals surface area contributed by atoms with E-state index in [9.17, 15) is 4.79 Å². The van der Waals surface area contributed by atoms with Crippen LogP contribution in [0.5, 0.6) is 0 Å². The lowest BCUT2D eigenvalue weighted by atomic mass is 10.2. The number of amides is 2. The molecular weight excluding hydrogens is 413 g/mol. The van der Waals surface area contributed by atoms with Gasteiger partial charge in [-0.3, -0.25) is 5.32 Å².